The van der Waals surface area contributed by atoms with E-state index in [1.54, 1.807) is 18.4 Å². The minimum atomic E-state index is -4.39. The van der Waals surface area contributed by atoms with Crippen LogP contribution in [-0.4, -0.2) is 19.1 Å². The van der Waals surface area contributed by atoms with Crippen LogP contribution < -0.4 is 14.7 Å². The lowest BCUT2D eigenvalue weighted by Crippen LogP contribution is -2.27. The zero-order chi connectivity index (χ0) is 17.1. The zero-order valence-corrected chi connectivity index (χ0v) is 15.4. The van der Waals surface area contributed by atoms with Gasteiger partial charge in [-0.1, -0.05) is 32.6 Å². The molecule has 0 aliphatic rings. The van der Waals surface area contributed by atoms with Gasteiger partial charge in [-0.2, -0.15) is 0 Å². The second-order valence-corrected chi connectivity index (χ2v) is 7.49. The number of hydrogen-bond acceptors (Lipinski definition) is 6. The fourth-order valence-corrected chi connectivity index (χ4v) is 3.72. The first-order valence-electron chi connectivity index (χ1n) is 7.90. The molecule has 0 saturated carbocycles. The van der Waals surface area contributed by atoms with E-state index in [4.69, 9.17) is 9.05 Å². The van der Waals surface area contributed by atoms with Crippen molar-refractivity contribution in [2.75, 3.05) is 13.2 Å². The molecule has 1 aromatic rings. The highest BCUT2D eigenvalue weighted by molar-refractivity contribution is 7.46. The molecule has 0 aromatic carbocycles. The molecule has 132 valence electrons. The first-order chi connectivity index (χ1) is 10.9. The molecule has 0 fully saturated rings. The van der Waals surface area contributed by atoms with E-state index in [0.717, 1.165) is 24.8 Å². The minimum absolute atomic E-state index is 0.0825. The van der Waals surface area contributed by atoms with Crippen molar-refractivity contribution < 1.29 is 23.3 Å². The van der Waals surface area contributed by atoms with Gasteiger partial charge in [-0.3, -0.25) is 9.36 Å². The first kappa shape index (κ1) is 20.2. The summed E-state index contributed by atoms with van der Waals surface area (Å²) in [4.78, 5) is 23.2. The summed E-state index contributed by atoms with van der Waals surface area (Å²) < 4.78 is 21.2. The van der Waals surface area contributed by atoms with Crippen molar-refractivity contribution in [1.29, 1.82) is 0 Å². The molecule has 0 spiro atoms. The molecule has 1 heterocycles. The third-order valence-corrected chi connectivity index (χ3v) is 5.11. The average Bonchev–Trinajstić information content (AvgIpc) is 2.88. The molecule has 0 aliphatic carbocycles. The highest BCUT2D eigenvalue weighted by Gasteiger charge is 2.13. The molecule has 1 atom stereocenters. The molecular formula is C15H25NO5PS-. The number of thiophene rings is 1. The number of carbonyl (C=O) groups is 1. The Morgan fingerprint density at radius 2 is 2.09 bits per heavy atom. The maximum Gasteiger partial charge on any atom is 0.320 e. The van der Waals surface area contributed by atoms with Crippen molar-refractivity contribution in [3.8, 4) is 5.06 Å². The molecule has 1 rings (SSSR count). The molecule has 23 heavy (non-hydrogen) atoms. The zero-order valence-electron chi connectivity index (χ0n) is 13.7. The van der Waals surface area contributed by atoms with Crippen LogP contribution >= 0.6 is 19.2 Å². The molecule has 0 saturated heterocycles. The van der Waals surface area contributed by atoms with Crippen LogP contribution in [0.4, 0.5) is 0 Å². The summed E-state index contributed by atoms with van der Waals surface area (Å²) in [5.74, 6) is -0.0825. The monoisotopic (exact) mass is 362 g/mol. The molecule has 1 amide bonds. The van der Waals surface area contributed by atoms with Gasteiger partial charge in [0, 0.05) is 18.5 Å². The molecule has 0 bridgehead atoms. The number of aryl methyl sites for hydroxylation is 1. The van der Waals surface area contributed by atoms with Crippen molar-refractivity contribution in [2.24, 2.45) is 0 Å². The number of unbranched alkanes of at least 4 members (excludes halogenated alkanes) is 4. The van der Waals surface area contributed by atoms with E-state index >= 15 is 0 Å². The summed E-state index contributed by atoms with van der Waals surface area (Å²) in [6.07, 6.45) is 5.87. The summed E-state index contributed by atoms with van der Waals surface area (Å²) in [6, 6.07) is 1.76. The van der Waals surface area contributed by atoms with Gasteiger partial charge in [0.05, 0.1) is 6.61 Å². The molecule has 0 aliphatic heterocycles. The molecule has 0 radical (unpaired) electrons. The molecule has 1 aromatic heterocycles. The van der Waals surface area contributed by atoms with Gasteiger partial charge in [-0.25, -0.2) is 0 Å². The van der Waals surface area contributed by atoms with E-state index in [1.807, 2.05) is 0 Å². The second kappa shape index (κ2) is 10.8. The highest BCUT2D eigenvalue weighted by Crippen LogP contribution is 2.42. The smallest absolute Gasteiger partial charge is 0.320 e. The van der Waals surface area contributed by atoms with Crippen LogP contribution in [-0.2, 0) is 13.9 Å². The van der Waals surface area contributed by atoms with E-state index in [1.165, 1.54) is 24.2 Å². The summed E-state index contributed by atoms with van der Waals surface area (Å²) in [5, 5.41) is 4.69. The number of nitrogens with one attached hydrogen (secondary N) is 1. The third-order valence-electron chi connectivity index (χ3n) is 3.19. The molecule has 1 unspecified atom stereocenters. The highest BCUT2D eigenvalue weighted by atomic mass is 32.1. The summed E-state index contributed by atoms with van der Waals surface area (Å²) >= 11 is 1.19. The SMILES string of the molecule is CCCCCCCC(=O)NCCOP(=O)([O-])Oc1sccc1C. The van der Waals surface area contributed by atoms with Gasteiger partial charge in [-0.05, 0) is 24.8 Å². The van der Waals surface area contributed by atoms with Gasteiger partial charge in [0.25, 0.3) is 0 Å². The van der Waals surface area contributed by atoms with Gasteiger partial charge < -0.3 is 19.3 Å². The number of rotatable bonds is 12. The van der Waals surface area contributed by atoms with Crippen LogP contribution in [0.5, 0.6) is 5.06 Å². The Kier molecular flexibility index (Phi) is 9.48. The van der Waals surface area contributed by atoms with Gasteiger partial charge >= 0.3 is 7.82 Å². The van der Waals surface area contributed by atoms with Crippen LogP contribution in [0.15, 0.2) is 11.4 Å². The predicted molar refractivity (Wildman–Crippen MR) is 89.6 cm³/mol. The Morgan fingerprint density at radius 1 is 1.35 bits per heavy atom. The minimum Gasteiger partial charge on any atom is -0.746 e. The largest absolute Gasteiger partial charge is 0.746 e. The number of phosphoric acid groups is 1. The van der Waals surface area contributed by atoms with Crippen LogP contribution in [0.1, 0.15) is 51.0 Å². The predicted octanol–water partition coefficient (Wildman–Crippen LogP) is 3.40. The Morgan fingerprint density at radius 3 is 2.74 bits per heavy atom. The lowest BCUT2D eigenvalue weighted by Gasteiger charge is -2.22. The summed E-state index contributed by atoms with van der Waals surface area (Å²) in [7, 11) is -4.39. The molecule has 8 heteroatoms. The van der Waals surface area contributed by atoms with Gasteiger partial charge in [0.15, 0.2) is 5.06 Å². The van der Waals surface area contributed by atoms with Crippen LogP contribution in [0.2, 0.25) is 0 Å². The van der Waals surface area contributed by atoms with E-state index in [9.17, 15) is 14.3 Å². The number of carbonyl (C=O) groups excluding carboxylic acids is 1. The van der Waals surface area contributed by atoms with E-state index in [-0.39, 0.29) is 19.1 Å². The van der Waals surface area contributed by atoms with E-state index in [0.29, 0.717) is 11.5 Å². The van der Waals surface area contributed by atoms with Gasteiger partial charge in [-0.15, -0.1) is 11.3 Å². The average molecular weight is 362 g/mol. The quantitative estimate of drug-likeness (QED) is 0.455. The first-order valence-corrected chi connectivity index (χ1v) is 10.2. The van der Waals surface area contributed by atoms with Crippen molar-refractivity contribution >= 4 is 25.1 Å². The standard InChI is InChI=1S/C15H26NO5PS/c1-3-4-5-6-7-8-14(17)16-10-11-20-22(18,19)21-15-13(2)9-12-23-15/h9,12H,3-8,10-11H2,1-2H3,(H,16,17)(H,18,19)/p-1. The van der Waals surface area contributed by atoms with E-state index in [2.05, 4.69) is 12.2 Å². The maximum atomic E-state index is 11.6. The van der Waals surface area contributed by atoms with Crippen LogP contribution in [0.25, 0.3) is 0 Å². The number of hydrogen-bond donors (Lipinski definition) is 1. The second-order valence-electron chi connectivity index (χ2n) is 5.28. The lowest BCUT2D eigenvalue weighted by molar-refractivity contribution is -0.216. The van der Waals surface area contributed by atoms with Gasteiger partial charge in [0.2, 0.25) is 5.91 Å². The molecular weight excluding hydrogens is 337 g/mol. The Bertz CT molecular complexity index is 520. The fourth-order valence-electron chi connectivity index (χ4n) is 1.91. The van der Waals surface area contributed by atoms with E-state index < -0.39 is 7.82 Å². The fraction of sp³-hybridized carbons (Fsp3) is 0.667. The molecule has 1 N–H and O–H groups in total. The van der Waals surface area contributed by atoms with Crippen molar-refractivity contribution in [2.45, 2.75) is 52.4 Å². The lowest BCUT2D eigenvalue weighted by atomic mass is 10.1. The molecule has 6 nitrogen and oxygen atoms in total. The Hall–Kier alpha value is -0.880. The van der Waals surface area contributed by atoms with Crippen molar-refractivity contribution in [3.05, 3.63) is 17.0 Å². The summed E-state index contributed by atoms with van der Waals surface area (Å²) in [6.45, 7) is 3.91. The van der Waals surface area contributed by atoms with Crippen molar-refractivity contribution in [3.63, 3.8) is 0 Å². The topological polar surface area (TPSA) is 87.7 Å². The maximum absolute atomic E-state index is 11.6. The van der Waals surface area contributed by atoms with Gasteiger partial charge in [0.1, 0.15) is 0 Å². The Labute approximate surface area is 141 Å². The Balaban J connectivity index is 2.12. The number of amides is 1. The summed E-state index contributed by atoms with van der Waals surface area (Å²) in [5.41, 5.74) is 0.742. The van der Waals surface area contributed by atoms with Crippen LogP contribution in [0, 0.1) is 6.92 Å². The number of phosphoric ester groups is 1. The van der Waals surface area contributed by atoms with Crippen molar-refractivity contribution in [1.82, 2.24) is 5.32 Å². The van der Waals surface area contributed by atoms with Crippen LogP contribution in [0.3, 0.4) is 0 Å². The normalized spacial score (nSPS) is 13.5. The third kappa shape index (κ3) is 9.11.